The van der Waals surface area contributed by atoms with Gasteiger partial charge in [0.05, 0.1) is 14.2 Å². The summed E-state index contributed by atoms with van der Waals surface area (Å²) in [4.78, 5) is 19.1. The van der Waals surface area contributed by atoms with Crippen LogP contribution < -0.4 is 9.47 Å². The highest BCUT2D eigenvalue weighted by Gasteiger charge is 2.37. The number of carbonyl (C=O) groups excluding carboxylic acids is 1. The summed E-state index contributed by atoms with van der Waals surface area (Å²) >= 11 is 0. The number of rotatable bonds is 5. The number of benzene rings is 1. The lowest BCUT2D eigenvalue weighted by atomic mass is 9.94. The summed E-state index contributed by atoms with van der Waals surface area (Å²) in [5.74, 6) is 2.52. The highest BCUT2D eigenvalue weighted by Crippen LogP contribution is 2.34. The Labute approximate surface area is 158 Å². The molecule has 2 aliphatic rings. The van der Waals surface area contributed by atoms with Crippen LogP contribution in [0.1, 0.15) is 50.3 Å². The van der Waals surface area contributed by atoms with Crippen molar-refractivity contribution in [2.45, 2.75) is 50.5 Å². The molecule has 1 aliphatic heterocycles. The molecule has 2 heterocycles. The van der Waals surface area contributed by atoms with E-state index in [-0.39, 0.29) is 11.8 Å². The molecule has 7 nitrogen and oxygen atoms in total. The molecule has 2 fully saturated rings. The number of aromatic nitrogens is 2. The van der Waals surface area contributed by atoms with E-state index >= 15 is 0 Å². The van der Waals surface area contributed by atoms with Crippen molar-refractivity contribution in [2.75, 3.05) is 20.8 Å². The van der Waals surface area contributed by atoms with Crippen LogP contribution in [0, 0.1) is 0 Å². The van der Waals surface area contributed by atoms with Crippen molar-refractivity contribution in [3.8, 4) is 23.0 Å². The molecular formula is C20H25N3O4. The van der Waals surface area contributed by atoms with Crippen LogP contribution in [-0.4, -0.2) is 47.8 Å². The Morgan fingerprint density at radius 3 is 2.44 bits per heavy atom. The number of hydrogen-bond donors (Lipinski definition) is 0. The number of hydrogen-bond acceptors (Lipinski definition) is 6. The topological polar surface area (TPSA) is 77.7 Å². The van der Waals surface area contributed by atoms with Crippen molar-refractivity contribution in [3.05, 3.63) is 24.0 Å². The zero-order valence-corrected chi connectivity index (χ0v) is 15.8. The fourth-order valence-corrected chi connectivity index (χ4v) is 4.10. The van der Waals surface area contributed by atoms with Gasteiger partial charge in [0.15, 0.2) is 5.82 Å². The van der Waals surface area contributed by atoms with Gasteiger partial charge in [-0.05, 0) is 25.0 Å². The van der Waals surface area contributed by atoms with Crippen molar-refractivity contribution in [1.82, 2.24) is 15.0 Å². The maximum atomic E-state index is 12.5. The lowest BCUT2D eigenvalue weighted by Crippen LogP contribution is -2.37. The van der Waals surface area contributed by atoms with Crippen molar-refractivity contribution in [3.63, 3.8) is 0 Å². The van der Waals surface area contributed by atoms with Crippen LogP contribution in [0.3, 0.4) is 0 Å². The number of nitrogens with zero attached hydrogens (tertiary/aromatic N) is 3. The molecular weight excluding hydrogens is 346 g/mol. The summed E-state index contributed by atoms with van der Waals surface area (Å²) in [6, 6.07) is 5.82. The molecule has 27 heavy (non-hydrogen) atoms. The molecule has 7 heteroatoms. The monoisotopic (exact) mass is 371 g/mol. The number of methoxy groups -OCH3 is 2. The first-order valence-corrected chi connectivity index (χ1v) is 9.54. The quantitative estimate of drug-likeness (QED) is 0.802. The molecule has 1 aromatic heterocycles. The van der Waals surface area contributed by atoms with Gasteiger partial charge < -0.3 is 18.9 Å². The molecule has 144 valence electrons. The third-order valence-electron chi connectivity index (χ3n) is 5.58. The molecule has 1 saturated carbocycles. The van der Waals surface area contributed by atoms with Crippen LogP contribution in [-0.2, 0) is 4.79 Å². The third kappa shape index (κ3) is 3.63. The number of amides is 1. The van der Waals surface area contributed by atoms with E-state index in [9.17, 15) is 4.79 Å². The Morgan fingerprint density at radius 2 is 1.78 bits per heavy atom. The van der Waals surface area contributed by atoms with Crippen molar-refractivity contribution >= 4 is 5.91 Å². The number of likely N-dealkylation sites (tertiary alicyclic amines) is 1. The smallest absolute Gasteiger partial charge is 0.258 e. The minimum atomic E-state index is -0.00979. The third-order valence-corrected chi connectivity index (χ3v) is 5.58. The molecule has 1 atom stereocenters. The molecule has 0 unspecified atom stereocenters. The van der Waals surface area contributed by atoms with Gasteiger partial charge in [-0.2, -0.15) is 4.98 Å². The molecule has 0 radical (unpaired) electrons. The van der Waals surface area contributed by atoms with Crippen LogP contribution in [0.25, 0.3) is 11.5 Å². The molecule has 1 amide bonds. The standard InChI is InChI=1S/C20H25N3O4/c1-25-16-8-13(9-17(11-16)26-2)20-21-19(22-27-20)14-10-18(24)23(12-14)15-6-4-3-5-7-15/h8-9,11,14-15H,3-7,10,12H2,1-2H3/t14-/m0/s1. The molecule has 1 saturated heterocycles. The van der Waals surface area contributed by atoms with Crippen LogP contribution >= 0.6 is 0 Å². The predicted octanol–water partition coefficient (Wildman–Crippen LogP) is 3.40. The molecule has 0 bridgehead atoms. The van der Waals surface area contributed by atoms with Crippen LogP contribution in [0.15, 0.2) is 22.7 Å². The maximum absolute atomic E-state index is 12.5. The van der Waals surface area contributed by atoms with Crippen molar-refractivity contribution in [2.24, 2.45) is 0 Å². The van der Waals surface area contributed by atoms with Gasteiger partial charge in [0.1, 0.15) is 11.5 Å². The van der Waals surface area contributed by atoms with Gasteiger partial charge in [-0.1, -0.05) is 24.4 Å². The van der Waals surface area contributed by atoms with Gasteiger partial charge >= 0.3 is 0 Å². The first kappa shape index (κ1) is 17.8. The summed E-state index contributed by atoms with van der Waals surface area (Å²) in [6.07, 6.45) is 6.38. The SMILES string of the molecule is COc1cc(OC)cc(-c2nc([C@H]3CC(=O)N(C4CCCCC4)C3)no2)c1. The molecule has 4 rings (SSSR count). The molecule has 0 N–H and O–H groups in total. The first-order chi connectivity index (χ1) is 13.2. The van der Waals surface area contributed by atoms with Crippen molar-refractivity contribution < 1.29 is 18.8 Å². The Bertz CT molecular complexity index is 791. The van der Waals surface area contributed by atoms with Crippen LogP contribution in [0.4, 0.5) is 0 Å². The van der Waals surface area contributed by atoms with E-state index in [1.807, 2.05) is 17.0 Å². The lowest BCUT2D eigenvalue weighted by Gasteiger charge is -2.31. The Balaban J connectivity index is 1.52. The van der Waals surface area contributed by atoms with Gasteiger partial charge in [-0.25, -0.2) is 0 Å². The van der Waals surface area contributed by atoms with E-state index in [1.54, 1.807) is 20.3 Å². The summed E-state index contributed by atoms with van der Waals surface area (Å²) in [5.41, 5.74) is 0.735. The van der Waals surface area contributed by atoms with Crippen molar-refractivity contribution in [1.29, 1.82) is 0 Å². The van der Waals surface area contributed by atoms with E-state index < -0.39 is 0 Å². The fraction of sp³-hybridized carbons (Fsp3) is 0.550. The summed E-state index contributed by atoms with van der Waals surface area (Å²) in [5, 5.41) is 4.15. The van der Waals surface area contributed by atoms with Gasteiger partial charge in [-0.15, -0.1) is 0 Å². The second-order valence-corrected chi connectivity index (χ2v) is 7.30. The Morgan fingerprint density at radius 1 is 1.07 bits per heavy atom. The number of ether oxygens (including phenoxy) is 2. The first-order valence-electron chi connectivity index (χ1n) is 9.54. The normalized spacial score (nSPS) is 20.9. The fourth-order valence-electron chi connectivity index (χ4n) is 4.10. The molecule has 1 aromatic carbocycles. The second-order valence-electron chi connectivity index (χ2n) is 7.30. The van der Waals surface area contributed by atoms with Crippen LogP contribution in [0.5, 0.6) is 11.5 Å². The van der Waals surface area contributed by atoms with Gasteiger partial charge in [0.25, 0.3) is 5.89 Å². The molecule has 1 aliphatic carbocycles. The second kappa shape index (κ2) is 7.58. The zero-order valence-electron chi connectivity index (χ0n) is 15.8. The predicted molar refractivity (Wildman–Crippen MR) is 98.8 cm³/mol. The van der Waals surface area contributed by atoms with Crippen LogP contribution in [0.2, 0.25) is 0 Å². The number of carbonyl (C=O) groups is 1. The summed E-state index contributed by atoms with van der Waals surface area (Å²) in [7, 11) is 3.20. The van der Waals surface area contributed by atoms with E-state index in [0.717, 1.165) is 18.4 Å². The van der Waals surface area contributed by atoms with E-state index in [4.69, 9.17) is 14.0 Å². The highest BCUT2D eigenvalue weighted by molar-refractivity contribution is 5.80. The summed E-state index contributed by atoms with van der Waals surface area (Å²) < 4.78 is 16.1. The summed E-state index contributed by atoms with van der Waals surface area (Å²) in [6.45, 7) is 0.684. The highest BCUT2D eigenvalue weighted by atomic mass is 16.5. The maximum Gasteiger partial charge on any atom is 0.258 e. The minimum Gasteiger partial charge on any atom is -0.497 e. The molecule has 0 spiro atoms. The minimum absolute atomic E-state index is 0.00979. The van der Waals surface area contributed by atoms with Gasteiger partial charge in [-0.3, -0.25) is 4.79 Å². The lowest BCUT2D eigenvalue weighted by molar-refractivity contribution is -0.130. The molecule has 2 aromatic rings. The zero-order chi connectivity index (χ0) is 18.8. The largest absolute Gasteiger partial charge is 0.497 e. The van der Waals surface area contributed by atoms with Gasteiger partial charge in [0.2, 0.25) is 5.91 Å². The van der Waals surface area contributed by atoms with E-state index in [1.165, 1.54) is 19.3 Å². The van der Waals surface area contributed by atoms with E-state index in [2.05, 4.69) is 10.1 Å². The Kier molecular flexibility index (Phi) is 5.01. The van der Waals surface area contributed by atoms with Gasteiger partial charge in [0, 0.05) is 36.6 Å². The Hall–Kier alpha value is -2.57. The average Bonchev–Trinajstić information content (AvgIpc) is 3.35. The average molecular weight is 371 g/mol. The van der Waals surface area contributed by atoms with E-state index in [0.29, 0.717) is 42.2 Å².